The summed E-state index contributed by atoms with van der Waals surface area (Å²) in [6.45, 7) is 12.9. The van der Waals surface area contributed by atoms with E-state index in [1.54, 1.807) is 0 Å². The molecule has 0 saturated carbocycles. The van der Waals surface area contributed by atoms with E-state index >= 15 is 0 Å². The average molecular weight is 226 g/mol. The van der Waals surface area contributed by atoms with E-state index in [0.717, 1.165) is 12.5 Å². The largest absolute Gasteiger partial charge is 0.327 e. The Morgan fingerprint density at radius 1 is 1.25 bits per heavy atom. The molecule has 1 fully saturated rings. The zero-order chi connectivity index (χ0) is 12.2. The van der Waals surface area contributed by atoms with E-state index in [1.807, 2.05) is 0 Å². The number of hydrogen-bond acceptors (Lipinski definition) is 2. The Hall–Kier alpha value is -0.0800. The molecule has 0 bridgehead atoms. The van der Waals surface area contributed by atoms with Crippen molar-refractivity contribution in [2.24, 2.45) is 17.1 Å². The Morgan fingerprint density at radius 3 is 2.25 bits per heavy atom. The van der Waals surface area contributed by atoms with Crippen molar-refractivity contribution in [2.45, 2.75) is 59.4 Å². The van der Waals surface area contributed by atoms with Crippen molar-refractivity contribution in [2.75, 3.05) is 19.6 Å². The Balaban J connectivity index is 2.27. The van der Waals surface area contributed by atoms with Gasteiger partial charge < -0.3 is 10.6 Å². The molecule has 0 aromatic rings. The number of rotatable bonds is 4. The van der Waals surface area contributed by atoms with Gasteiger partial charge >= 0.3 is 0 Å². The summed E-state index contributed by atoms with van der Waals surface area (Å²) in [5, 5.41) is 0. The molecule has 0 spiro atoms. The van der Waals surface area contributed by atoms with Crippen LogP contribution in [0.15, 0.2) is 0 Å². The fourth-order valence-electron chi connectivity index (χ4n) is 2.78. The molecule has 1 rings (SSSR count). The molecular formula is C14H30N2. The number of nitrogens with zero attached hydrogens (tertiary/aromatic N) is 1. The van der Waals surface area contributed by atoms with Gasteiger partial charge in [-0.15, -0.1) is 0 Å². The van der Waals surface area contributed by atoms with E-state index in [4.69, 9.17) is 5.73 Å². The molecule has 0 aromatic carbocycles. The molecule has 0 aromatic heterocycles. The van der Waals surface area contributed by atoms with Gasteiger partial charge in [-0.2, -0.15) is 0 Å². The highest BCUT2D eigenvalue weighted by Crippen LogP contribution is 2.34. The van der Waals surface area contributed by atoms with Crippen LogP contribution >= 0.6 is 0 Å². The first-order chi connectivity index (χ1) is 7.43. The number of hydrogen-bond donors (Lipinski definition) is 1. The van der Waals surface area contributed by atoms with E-state index in [-0.39, 0.29) is 0 Å². The summed E-state index contributed by atoms with van der Waals surface area (Å²) in [5.74, 6) is 0.895. The summed E-state index contributed by atoms with van der Waals surface area (Å²) in [4.78, 5) is 2.56. The topological polar surface area (TPSA) is 29.3 Å². The van der Waals surface area contributed by atoms with Crippen LogP contribution in [0.1, 0.15) is 53.4 Å². The summed E-state index contributed by atoms with van der Waals surface area (Å²) >= 11 is 0. The highest BCUT2D eigenvalue weighted by Gasteiger charge is 2.28. The summed E-state index contributed by atoms with van der Waals surface area (Å²) in [6.07, 6.45) is 5.07. The molecule has 96 valence electrons. The first-order valence-electron chi connectivity index (χ1n) is 6.91. The minimum absolute atomic E-state index is 0.385. The van der Waals surface area contributed by atoms with Crippen molar-refractivity contribution in [3.05, 3.63) is 0 Å². The van der Waals surface area contributed by atoms with Crippen LogP contribution in [0.4, 0.5) is 0 Å². The predicted octanol–water partition coefficient (Wildman–Crippen LogP) is 2.87. The second-order valence-electron chi connectivity index (χ2n) is 6.49. The van der Waals surface area contributed by atoms with Crippen molar-refractivity contribution in [3.8, 4) is 0 Å². The van der Waals surface area contributed by atoms with Crippen molar-refractivity contribution in [3.63, 3.8) is 0 Å². The Kier molecular flexibility index (Phi) is 5.26. The Bertz CT molecular complexity index is 187. The zero-order valence-electron chi connectivity index (χ0n) is 11.6. The second-order valence-corrected chi connectivity index (χ2v) is 6.49. The van der Waals surface area contributed by atoms with Crippen molar-refractivity contribution in [1.29, 1.82) is 0 Å². The molecule has 1 unspecified atom stereocenters. The van der Waals surface area contributed by atoms with Crippen molar-refractivity contribution < 1.29 is 0 Å². The monoisotopic (exact) mass is 226 g/mol. The normalized spacial score (nSPS) is 22.3. The van der Waals surface area contributed by atoms with Gasteiger partial charge in [-0.25, -0.2) is 0 Å². The van der Waals surface area contributed by atoms with Crippen molar-refractivity contribution in [1.82, 2.24) is 4.90 Å². The van der Waals surface area contributed by atoms with Gasteiger partial charge in [0.2, 0.25) is 0 Å². The third kappa shape index (κ3) is 4.42. The first-order valence-corrected chi connectivity index (χ1v) is 6.91. The van der Waals surface area contributed by atoms with Gasteiger partial charge in [0.25, 0.3) is 0 Å². The minimum atomic E-state index is 0.385. The van der Waals surface area contributed by atoms with E-state index in [2.05, 4.69) is 32.6 Å². The average Bonchev–Trinajstić information content (AvgIpc) is 2.17. The molecule has 0 aliphatic carbocycles. The van der Waals surface area contributed by atoms with Gasteiger partial charge in [0, 0.05) is 12.6 Å². The lowest BCUT2D eigenvalue weighted by Crippen LogP contribution is -2.43. The third-order valence-corrected chi connectivity index (χ3v) is 3.96. The van der Waals surface area contributed by atoms with Gasteiger partial charge in [-0.3, -0.25) is 0 Å². The minimum Gasteiger partial charge on any atom is -0.327 e. The predicted molar refractivity (Wildman–Crippen MR) is 71.5 cm³/mol. The lowest BCUT2D eigenvalue weighted by atomic mass is 9.75. The highest BCUT2D eigenvalue weighted by molar-refractivity contribution is 4.81. The number of piperidine rings is 1. The van der Waals surface area contributed by atoms with Gasteiger partial charge in [-0.05, 0) is 43.7 Å². The lowest BCUT2D eigenvalue weighted by Gasteiger charge is -2.39. The lowest BCUT2D eigenvalue weighted by molar-refractivity contribution is 0.107. The van der Waals surface area contributed by atoms with Crippen LogP contribution in [0.2, 0.25) is 0 Å². The first kappa shape index (κ1) is 14.0. The number of nitrogens with two attached hydrogens (primary N) is 1. The molecule has 1 heterocycles. The second kappa shape index (κ2) is 6.02. The summed E-state index contributed by atoms with van der Waals surface area (Å²) in [7, 11) is 0. The quantitative estimate of drug-likeness (QED) is 0.798. The SMILES string of the molecule is CCCC(N)CN1CCC(C(C)(C)C)CC1. The number of likely N-dealkylation sites (tertiary alicyclic amines) is 1. The molecule has 16 heavy (non-hydrogen) atoms. The fourth-order valence-corrected chi connectivity index (χ4v) is 2.78. The van der Waals surface area contributed by atoms with Gasteiger partial charge in [0.15, 0.2) is 0 Å². The van der Waals surface area contributed by atoms with E-state index < -0.39 is 0 Å². The molecule has 2 N–H and O–H groups in total. The van der Waals surface area contributed by atoms with Crippen LogP contribution in [-0.4, -0.2) is 30.6 Å². The standard InChI is InChI=1S/C14H30N2/c1-5-6-13(15)11-16-9-7-12(8-10-16)14(2,3)4/h12-13H,5-11,15H2,1-4H3. The molecule has 0 radical (unpaired) electrons. The van der Waals surface area contributed by atoms with Crippen LogP contribution in [0.5, 0.6) is 0 Å². The van der Waals surface area contributed by atoms with Crippen molar-refractivity contribution >= 4 is 0 Å². The van der Waals surface area contributed by atoms with Gasteiger partial charge in [0.05, 0.1) is 0 Å². The van der Waals surface area contributed by atoms with E-state index in [1.165, 1.54) is 38.8 Å². The van der Waals surface area contributed by atoms with Crippen LogP contribution < -0.4 is 5.73 Å². The maximum absolute atomic E-state index is 6.09. The highest BCUT2D eigenvalue weighted by atomic mass is 15.1. The van der Waals surface area contributed by atoms with Gasteiger partial charge in [-0.1, -0.05) is 34.1 Å². The third-order valence-electron chi connectivity index (χ3n) is 3.96. The molecule has 1 saturated heterocycles. The van der Waals surface area contributed by atoms with E-state index in [9.17, 15) is 0 Å². The van der Waals surface area contributed by atoms with Crippen LogP contribution in [0.3, 0.4) is 0 Å². The Labute approximate surface area is 102 Å². The molecule has 2 heteroatoms. The summed E-state index contributed by atoms with van der Waals surface area (Å²) in [6, 6.07) is 0.385. The Morgan fingerprint density at radius 2 is 1.81 bits per heavy atom. The maximum Gasteiger partial charge on any atom is 0.0167 e. The molecular weight excluding hydrogens is 196 g/mol. The molecule has 1 aliphatic rings. The molecule has 0 amide bonds. The molecule has 1 atom stereocenters. The van der Waals surface area contributed by atoms with Crippen LogP contribution in [-0.2, 0) is 0 Å². The maximum atomic E-state index is 6.09. The van der Waals surface area contributed by atoms with Crippen LogP contribution in [0.25, 0.3) is 0 Å². The van der Waals surface area contributed by atoms with E-state index in [0.29, 0.717) is 11.5 Å². The summed E-state index contributed by atoms with van der Waals surface area (Å²) < 4.78 is 0. The molecule has 2 nitrogen and oxygen atoms in total. The van der Waals surface area contributed by atoms with Gasteiger partial charge in [0.1, 0.15) is 0 Å². The smallest absolute Gasteiger partial charge is 0.0167 e. The summed E-state index contributed by atoms with van der Waals surface area (Å²) in [5.41, 5.74) is 6.58. The zero-order valence-corrected chi connectivity index (χ0v) is 11.6. The molecule has 1 aliphatic heterocycles. The van der Waals surface area contributed by atoms with Crippen LogP contribution in [0, 0.1) is 11.3 Å². The fraction of sp³-hybridized carbons (Fsp3) is 1.00.